The number of aromatic nitrogens is 6. The van der Waals surface area contributed by atoms with Gasteiger partial charge in [-0.3, -0.25) is 19.2 Å². The fourth-order valence-electron chi connectivity index (χ4n) is 5.60. The van der Waals surface area contributed by atoms with E-state index >= 15 is 0 Å². The van der Waals surface area contributed by atoms with E-state index in [4.69, 9.17) is 37.9 Å². The molecular formula is C28H36N6O14. The highest BCUT2D eigenvalue weighted by atomic mass is 16.7. The van der Waals surface area contributed by atoms with E-state index in [1.807, 2.05) is 0 Å². The van der Waals surface area contributed by atoms with Crippen LogP contribution in [0.1, 0.15) is 80.0 Å². The minimum absolute atomic E-state index is 0.0699. The van der Waals surface area contributed by atoms with E-state index in [-0.39, 0.29) is 11.4 Å². The van der Waals surface area contributed by atoms with Gasteiger partial charge < -0.3 is 37.9 Å². The van der Waals surface area contributed by atoms with Gasteiger partial charge >= 0.3 is 35.8 Å². The monoisotopic (exact) mass is 680 g/mol. The first-order valence-electron chi connectivity index (χ1n) is 14.8. The van der Waals surface area contributed by atoms with Crippen LogP contribution in [-0.4, -0.2) is 123 Å². The molecule has 1 saturated carbocycles. The van der Waals surface area contributed by atoms with Gasteiger partial charge in [0, 0.05) is 27.7 Å². The molecule has 4 unspecified atom stereocenters. The maximum Gasteiger partial charge on any atom is 0.360 e. The Labute approximate surface area is 273 Å². The van der Waals surface area contributed by atoms with E-state index in [0.717, 1.165) is 25.6 Å². The van der Waals surface area contributed by atoms with E-state index in [2.05, 4.69) is 20.6 Å². The highest BCUT2D eigenvalue weighted by Gasteiger charge is 2.54. The smallest absolute Gasteiger partial charge is 0.360 e. The van der Waals surface area contributed by atoms with E-state index in [9.17, 15) is 28.8 Å². The van der Waals surface area contributed by atoms with Gasteiger partial charge in [-0.1, -0.05) is 10.4 Å². The first-order chi connectivity index (χ1) is 22.8. The number of methoxy groups -OCH3 is 2. The Morgan fingerprint density at radius 3 is 1.85 bits per heavy atom. The van der Waals surface area contributed by atoms with E-state index in [1.165, 1.54) is 38.0 Å². The van der Waals surface area contributed by atoms with Gasteiger partial charge in [0.05, 0.1) is 38.8 Å². The van der Waals surface area contributed by atoms with Crippen molar-refractivity contribution in [2.75, 3.05) is 20.8 Å². The average Bonchev–Trinajstić information content (AvgIpc) is 3.72. The average molecular weight is 681 g/mol. The van der Waals surface area contributed by atoms with Crippen molar-refractivity contribution in [1.29, 1.82) is 0 Å². The molecule has 0 spiro atoms. The lowest BCUT2D eigenvalue weighted by Gasteiger charge is -2.46. The van der Waals surface area contributed by atoms with Crippen LogP contribution < -0.4 is 0 Å². The topological polar surface area (TPSA) is 238 Å². The van der Waals surface area contributed by atoms with Crippen LogP contribution in [-0.2, 0) is 57.1 Å². The summed E-state index contributed by atoms with van der Waals surface area (Å²) < 4.78 is 46.8. The Kier molecular flexibility index (Phi) is 11.8. The molecule has 20 heteroatoms. The largest absolute Gasteiger partial charge is 0.464 e. The van der Waals surface area contributed by atoms with E-state index in [0.29, 0.717) is 19.3 Å². The highest BCUT2D eigenvalue weighted by molar-refractivity contribution is 5.87. The molecule has 0 radical (unpaired) electrons. The summed E-state index contributed by atoms with van der Waals surface area (Å²) >= 11 is 0. The summed E-state index contributed by atoms with van der Waals surface area (Å²) in [6.07, 6.45) is -3.57. The number of carbonyl (C=O) groups is 6. The molecule has 1 aliphatic heterocycles. The normalized spacial score (nSPS) is 26.9. The summed E-state index contributed by atoms with van der Waals surface area (Å²) in [6, 6.07) is -1.92. The van der Waals surface area contributed by atoms with Crippen molar-refractivity contribution in [3.63, 3.8) is 0 Å². The second kappa shape index (κ2) is 15.7. The number of nitrogens with zero attached hydrogens (tertiary/aromatic N) is 6. The molecule has 8 atom stereocenters. The van der Waals surface area contributed by atoms with Crippen LogP contribution in [0.25, 0.3) is 0 Å². The van der Waals surface area contributed by atoms with Crippen molar-refractivity contribution in [2.45, 2.75) is 95.9 Å². The van der Waals surface area contributed by atoms with Gasteiger partial charge in [0.1, 0.15) is 18.8 Å². The van der Waals surface area contributed by atoms with Crippen LogP contribution in [0.15, 0.2) is 12.4 Å². The van der Waals surface area contributed by atoms with E-state index < -0.39 is 91.3 Å². The van der Waals surface area contributed by atoms with Crippen LogP contribution in [0.2, 0.25) is 0 Å². The Morgan fingerprint density at radius 1 is 0.750 bits per heavy atom. The fourth-order valence-corrected chi connectivity index (χ4v) is 5.60. The van der Waals surface area contributed by atoms with Gasteiger partial charge in [-0.25, -0.2) is 19.0 Å². The minimum Gasteiger partial charge on any atom is -0.464 e. The zero-order valence-corrected chi connectivity index (χ0v) is 27.0. The fraction of sp³-hybridized carbons (Fsp3) is 0.643. The summed E-state index contributed by atoms with van der Waals surface area (Å²) in [5.41, 5.74) is -0.287. The van der Waals surface area contributed by atoms with Crippen molar-refractivity contribution in [3.05, 3.63) is 23.8 Å². The molecule has 3 heterocycles. The van der Waals surface area contributed by atoms with Gasteiger partial charge in [0.25, 0.3) is 0 Å². The third kappa shape index (κ3) is 8.48. The zero-order valence-electron chi connectivity index (χ0n) is 27.0. The lowest BCUT2D eigenvalue weighted by Crippen LogP contribution is -2.60. The summed E-state index contributed by atoms with van der Waals surface area (Å²) in [5, 5.41) is 15.7. The molecule has 0 amide bonds. The molecule has 1 aliphatic carbocycles. The Hall–Kier alpha value is -4.98. The van der Waals surface area contributed by atoms with Crippen molar-refractivity contribution in [2.24, 2.45) is 0 Å². The molecule has 2 aromatic heterocycles. The van der Waals surface area contributed by atoms with Gasteiger partial charge in [-0.05, 0) is 19.3 Å². The molecule has 4 rings (SSSR count). The molecule has 2 aliphatic rings. The first-order valence-corrected chi connectivity index (χ1v) is 14.8. The van der Waals surface area contributed by atoms with Gasteiger partial charge in [0.15, 0.2) is 36.0 Å². The van der Waals surface area contributed by atoms with E-state index in [1.54, 1.807) is 0 Å². The maximum absolute atomic E-state index is 12.5. The number of rotatable bonds is 11. The number of carbonyl (C=O) groups excluding carboxylic acids is 6. The molecular weight excluding hydrogens is 644 g/mol. The molecule has 48 heavy (non-hydrogen) atoms. The third-order valence-electron chi connectivity index (χ3n) is 7.47. The number of esters is 6. The molecule has 20 nitrogen and oxygen atoms in total. The lowest BCUT2D eigenvalue weighted by molar-refractivity contribution is -0.313. The second-order valence-corrected chi connectivity index (χ2v) is 10.9. The van der Waals surface area contributed by atoms with Crippen LogP contribution >= 0.6 is 0 Å². The van der Waals surface area contributed by atoms with Crippen LogP contribution in [0, 0.1) is 0 Å². The number of ether oxygens (including phenoxy) is 8. The molecule has 0 N–H and O–H groups in total. The molecule has 2 aromatic rings. The van der Waals surface area contributed by atoms with Crippen molar-refractivity contribution < 1.29 is 66.7 Å². The quantitative estimate of drug-likeness (QED) is 0.222. The van der Waals surface area contributed by atoms with Gasteiger partial charge in [-0.15, -0.1) is 10.2 Å². The lowest BCUT2D eigenvalue weighted by atomic mass is 9.89. The maximum atomic E-state index is 12.5. The van der Waals surface area contributed by atoms with Crippen molar-refractivity contribution in [1.82, 2.24) is 30.0 Å². The Bertz CT molecular complexity index is 1510. The van der Waals surface area contributed by atoms with Crippen LogP contribution in [0.3, 0.4) is 0 Å². The van der Waals surface area contributed by atoms with Crippen LogP contribution in [0.4, 0.5) is 0 Å². The Balaban J connectivity index is 1.76. The molecule has 2 fully saturated rings. The Morgan fingerprint density at radius 2 is 1.29 bits per heavy atom. The standard InChI is InChI=1S/C28H36N6O14/c1-13(35)43-12-21-24(45-15(3)37)22(34-11-18(30-32-34)27(40)42-6)25(46-16(4)38)28(48-21)47-20-9-7-8-19(23(20)44-14(2)36)33-10-17(29-31-33)26(39)41-5/h10-11,19-25,28H,7-9,12H2,1-6H3/t19?,20-,21?,22?,23?,24+,25+,28-/m1/s1. The van der Waals surface area contributed by atoms with Gasteiger partial charge in [0.2, 0.25) is 0 Å². The van der Waals surface area contributed by atoms with Crippen molar-refractivity contribution >= 4 is 35.8 Å². The van der Waals surface area contributed by atoms with Gasteiger partial charge in [-0.2, -0.15) is 0 Å². The summed E-state index contributed by atoms with van der Waals surface area (Å²) in [6.45, 7) is 4.19. The minimum atomic E-state index is -1.49. The number of hydrogen-bond acceptors (Lipinski definition) is 18. The van der Waals surface area contributed by atoms with Crippen LogP contribution in [0.5, 0.6) is 0 Å². The molecule has 0 aromatic carbocycles. The first kappa shape index (κ1) is 35.9. The molecule has 262 valence electrons. The predicted molar refractivity (Wildman–Crippen MR) is 151 cm³/mol. The highest BCUT2D eigenvalue weighted by Crippen LogP contribution is 2.39. The van der Waals surface area contributed by atoms with Crippen molar-refractivity contribution in [3.8, 4) is 0 Å². The predicted octanol–water partition coefficient (Wildman–Crippen LogP) is -0.123. The third-order valence-corrected chi connectivity index (χ3v) is 7.47. The number of hydrogen-bond donors (Lipinski definition) is 0. The second-order valence-electron chi connectivity index (χ2n) is 10.9. The molecule has 0 bridgehead atoms. The zero-order chi connectivity index (χ0) is 35.1. The summed E-state index contributed by atoms with van der Waals surface area (Å²) in [7, 11) is 2.34. The SMILES string of the molecule is COC(=O)c1cn(C2CCC[C@@H](O[C@@H]3OC(COC(C)=O)[C@H](OC(C)=O)C(n4cc(C(=O)OC)nn4)[C@@H]3OC(C)=O)C2OC(C)=O)nn1. The summed E-state index contributed by atoms with van der Waals surface area (Å²) in [4.78, 5) is 73.2. The molecule has 1 saturated heterocycles. The summed E-state index contributed by atoms with van der Waals surface area (Å²) in [5.74, 6) is -4.41.